The van der Waals surface area contributed by atoms with Crippen molar-refractivity contribution in [1.29, 1.82) is 10.5 Å². The topological polar surface area (TPSA) is 56.8 Å². The number of allylic oxidation sites excluding steroid dienone is 1. The third-order valence-corrected chi connectivity index (χ3v) is 3.03. The van der Waals surface area contributed by atoms with Gasteiger partial charge in [0, 0.05) is 10.6 Å². The van der Waals surface area contributed by atoms with Gasteiger partial charge in [-0.05, 0) is 42.0 Å². The van der Waals surface area contributed by atoms with Gasteiger partial charge < -0.3 is 4.74 Å². The Bertz CT molecular complexity index is 787. The number of ether oxygens (including phenoxy) is 1. The van der Waals surface area contributed by atoms with Crippen molar-refractivity contribution in [3.8, 4) is 17.9 Å². The van der Waals surface area contributed by atoms with Gasteiger partial charge in [-0.3, -0.25) is 0 Å². The van der Waals surface area contributed by atoms with Gasteiger partial charge in [0.1, 0.15) is 35.9 Å². The van der Waals surface area contributed by atoms with Crippen LogP contribution in [-0.2, 0) is 6.61 Å². The molecule has 2 aromatic rings. The molecule has 0 atom stereocenters. The van der Waals surface area contributed by atoms with E-state index in [9.17, 15) is 4.39 Å². The second-order valence-corrected chi connectivity index (χ2v) is 4.82. The van der Waals surface area contributed by atoms with Gasteiger partial charge in [-0.25, -0.2) is 4.39 Å². The van der Waals surface area contributed by atoms with Crippen LogP contribution in [-0.4, -0.2) is 0 Å². The van der Waals surface area contributed by atoms with Crippen LogP contribution < -0.4 is 4.74 Å². The van der Waals surface area contributed by atoms with Crippen LogP contribution in [0.25, 0.3) is 6.08 Å². The number of nitriles is 2. The number of halogens is 2. The summed E-state index contributed by atoms with van der Waals surface area (Å²) in [5.74, 6) is 0.116. The Balaban J connectivity index is 2.26. The number of rotatable bonds is 4. The predicted molar refractivity (Wildman–Crippen MR) is 81.4 cm³/mol. The summed E-state index contributed by atoms with van der Waals surface area (Å²) in [6.07, 6.45) is 1.40. The molecule has 0 aliphatic heterocycles. The minimum atomic E-state index is -0.339. The zero-order valence-corrected chi connectivity index (χ0v) is 12.1. The molecule has 5 heteroatoms. The molecule has 0 amide bonds. The van der Waals surface area contributed by atoms with Crippen LogP contribution in [0, 0.1) is 28.5 Å². The molecular weight excluding hydrogens is 303 g/mol. The summed E-state index contributed by atoms with van der Waals surface area (Å²) in [5.41, 5.74) is 1.13. The molecule has 0 aliphatic rings. The van der Waals surface area contributed by atoms with E-state index < -0.39 is 0 Å². The number of nitrogens with zero attached hydrogens (tertiary/aromatic N) is 2. The zero-order chi connectivity index (χ0) is 15.9. The van der Waals surface area contributed by atoms with Gasteiger partial charge in [0.25, 0.3) is 0 Å². The smallest absolute Gasteiger partial charge is 0.130 e. The minimum Gasteiger partial charge on any atom is -0.488 e. The molecule has 3 nitrogen and oxygen atoms in total. The Labute approximate surface area is 132 Å². The lowest BCUT2D eigenvalue weighted by molar-refractivity contribution is 0.305. The largest absolute Gasteiger partial charge is 0.488 e. The lowest BCUT2D eigenvalue weighted by Gasteiger charge is -2.10. The lowest BCUT2D eigenvalue weighted by Crippen LogP contribution is -1.97. The van der Waals surface area contributed by atoms with E-state index in [4.69, 9.17) is 26.9 Å². The maximum Gasteiger partial charge on any atom is 0.130 e. The first-order valence-corrected chi connectivity index (χ1v) is 6.69. The Kier molecular flexibility index (Phi) is 5.14. The highest BCUT2D eigenvalue weighted by atomic mass is 35.5. The summed E-state index contributed by atoms with van der Waals surface area (Å²) in [5, 5.41) is 18.1. The highest BCUT2D eigenvalue weighted by molar-refractivity contribution is 6.30. The molecule has 2 rings (SSSR count). The third-order valence-electron chi connectivity index (χ3n) is 2.80. The average molecular weight is 313 g/mol. The van der Waals surface area contributed by atoms with E-state index in [-0.39, 0.29) is 18.0 Å². The summed E-state index contributed by atoms with van der Waals surface area (Å²) in [6.45, 7) is 0.161. The molecule has 0 aliphatic carbocycles. The van der Waals surface area contributed by atoms with E-state index in [1.807, 2.05) is 0 Å². The van der Waals surface area contributed by atoms with Crippen molar-refractivity contribution in [2.45, 2.75) is 6.61 Å². The fraction of sp³-hybridized carbons (Fsp3) is 0.0588. The van der Waals surface area contributed by atoms with Gasteiger partial charge >= 0.3 is 0 Å². The molecule has 22 heavy (non-hydrogen) atoms. The standard InChI is InChI=1S/C17H10ClFN2O/c18-15-4-5-17(14(8-15)6-13(9-20)10-21)22-11-12-2-1-3-16(19)7-12/h1-8H,11H2. The van der Waals surface area contributed by atoms with Crippen LogP contribution in [0.5, 0.6) is 5.75 Å². The molecule has 0 fully saturated rings. The van der Waals surface area contributed by atoms with Crippen LogP contribution in [0.4, 0.5) is 4.39 Å². The zero-order valence-electron chi connectivity index (χ0n) is 11.4. The SMILES string of the molecule is N#CC(C#N)=Cc1cc(Cl)ccc1OCc1cccc(F)c1. The van der Waals surface area contributed by atoms with Crippen LogP contribution in [0.2, 0.25) is 5.02 Å². The van der Waals surface area contributed by atoms with Crippen LogP contribution >= 0.6 is 11.6 Å². The quantitative estimate of drug-likeness (QED) is 0.782. The van der Waals surface area contributed by atoms with E-state index in [0.29, 0.717) is 21.9 Å². The fourth-order valence-electron chi connectivity index (χ4n) is 1.80. The maximum absolute atomic E-state index is 13.1. The Morgan fingerprint density at radius 2 is 1.95 bits per heavy atom. The molecule has 0 unspecified atom stereocenters. The van der Waals surface area contributed by atoms with Crippen LogP contribution in [0.1, 0.15) is 11.1 Å². The van der Waals surface area contributed by atoms with E-state index in [2.05, 4.69) is 0 Å². The first kappa shape index (κ1) is 15.6. The van der Waals surface area contributed by atoms with Gasteiger partial charge in [-0.15, -0.1) is 0 Å². The maximum atomic E-state index is 13.1. The summed E-state index contributed by atoms with van der Waals surface area (Å²) in [4.78, 5) is 0. The van der Waals surface area contributed by atoms with Gasteiger partial charge in [-0.2, -0.15) is 10.5 Å². The molecule has 0 aromatic heterocycles. The molecule has 0 N–H and O–H groups in total. The van der Waals surface area contributed by atoms with E-state index in [1.54, 1.807) is 42.5 Å². The molecule has 0 radical (unpaired) electrons. The normalized spacial score (nSPS) is 9.45. The van der Waals surface area contributed by atoms with E-state index >= 15 is 0 Å². The molecule has 0 saturated heterocycles. The van der Waals surface area contributed by atoms with Gasteiger partial charge in [0.2, 0.25) is 0 Å². The van der Waals surface area contributed by atoms with Crippen molar-refractivity contribution in [3.63, 3.8) is 0 Å². The molecule has 0 heterocycles. The molecule has 0 spiro atoms. The van der Waals surface area contributed by atoms with Crippen molar-refractivity contribution >= 4 is 17.7 Å². The van der Waals surface area contributed by atoms with Gasteiger partial charge in [-0.1, -0.05) is 23.7 Å². The highest BCUT2D eigenvalue weighted by Gasteiger charge is 2.06. The second kappa shape index (κ2) is 7.26. The average Bonchev–Trinajstić information content (AvgIpc) is 2.51. The number of hydrogen-bond acceptors (Lipinski definition) is 3. The van der Waals surface area contributed by atoms with Crippen molar-refractivity contribution < 1.29 is 9.13 Å². The molecule has 0 bridgehead atoms. The molecular formula is C17H10ClFN2O. The van der Waals surface area contributed by atoms with Gasteiger partial charge in [0.15, 0.2) is 0 Å². The van der Waals surface area contributed by atoms with Gasteiger partial charge in [0.05, 0.1) is 0 Å². The first-order chi connectivity index (χ1) is 10.6. The fourth-order valence-corrected chi connectivity index (χ4v) is 1.98. The first-order valence-electron chi connectivity index (χ1n) is 6.31. The van der Waals surface area contributed by atoms with Crippen molar-refractivity contribution in [3.05, 3.63) is 70.0 Å². The summed E-state index contributed by atoms with van der Waals surface area (Å²) < 4.78 is 18.8. The van der Waals surface area contributed by atoms with Crippen molar-refractivity contribution in [1.82, 2.24) is 0 Å². The van der Waals surface area contributed by atoms with Crippen molar-refractivity contribution in [2.75, 3.05) is 0 Å². The van der Waals surface area contributed by atoms with E-state index in [0.717, 1.165) is 0 Å². The van der Waals surface area contributed by atoms with Crippen LogP contribution in [0.3, 0.4) is 0 Å². The van der Waals surface area contributed by atoms with Crippen molar-refractivity contribution in [2.24, 2.45) is 0 Å². The molecule has 108 valence electrons. The summed E-state index contributed by atoms with van der Waals surface area (Å²) in [6, 6.07) is 14.5. The second-order valence-electron chi connectivity index (χ2n) is 4.38. The van der Waals surface area contributed by atoms with Crippen LogP contribution in [0.15, 0.2) is 48.0 Å². The number of benzene rings is 2. The Morgan fingerprint density at radius 1 is 1.18 bits per heavy atom. The summed E-state index contributed by atoms with van der Waals surface area (Å²) in [7, 11) is 0. The van der Waals surface area contributed by atoms with E-state index in [1.165, 1.54) is 18.2 Å². The Morgan fingerprint density at radius 3 is 2.64 bits per heavy atom. The highest BCUT2D eigenvalue weighted by Crippen LogP contribution is 2.26. The molecule has 0 saturated carbocycles. The lowest BCUT2D eigenvalue weighted by atomic mass is 10.1. The molecule has 2 aromatic carbocycles. The Hall–Kier alpha value is -2.82. The summed E-state index contributed by atoms with van der Waals surface area (Å²) >= 11 is 5.92. The predicted octanol–water partition coefficient (Wildman–Crippen LogP) is 4.49. The third kappa shape index (κ3) is 4.09. The minimum absolute atomic E-state index is 0.0575. The monoisotopic (exact) mass is 312 g/mol. The number of hydrogen-bond donors (Lipinski definition) is 0.